The van der Waals surface area contributed by atoms with Gasteiger partial charge in [0.15, 0.2) is 0 Å². The van der Waals surface area contributed by atoms with Gasteiger partial charge < -0.3 is 34.6 Å². The Kier molecular flexibility index (Phi) is 10.3. The molecule has 0 bridgehead atoms. The number of Topliss-reactive ketones (excluding diaryl/α,β-unsaturated/α-hetero) is 1. The number of aliphatic hydroxyl groups excluding tert-OH is 4. The summed E-state index contributed by atoms with van der Waals surface area (Å²) in [5, 5.41) is 40.3. The lowest BCUT2D eigenvalue weighted by Crippen LogP contribution is -2.60. The number of hydrogen-bond donors (Lipinski definition) is 4. The van der Waals surface area contributed by atoms with Crippen molar-refractivity contribution in [2.24, 2.45) is 11.8 Å². The van der Waals surface area contributed by atoms with Gasteiger partial charge in [0.25, 0.3) is 6.47 Å². The molecule has 0 aliphatic carbocycles. The summed E-state index contributed by atoms with van der Waals surface area (Å²) < 4.78 is 16.2. The van der Waals surface area contributed by atoms with Crippen LogP contribution in [0.15, 0.2) is 0 Å². The fourth-order valence-electron chi connectivity index (χ4n) is 3.26. The molecule has 0 spiro atoms. The van der Waals surface area contributed by atoms with Gasteiger partial charge in [-0.25, -0.2) is 0 Å². The summed E-state index contributed by atoms with van der Waals surface area (Å²) in [6.07, 6.45) is -4.70. The van der Waals surface area contributed by atoms with Crippen LogP contribution in [-0.2, 0) is 23.8 Å². The molecule has 28 heavy (non-hydrogen) atoms. The molecule has 0 aromatic rings. The lowest BCUT2D eigenvalue weighted by molar-refractivity contribution is -0.422. The van der Waals surface area contributed by atoms with Crippen molar-refractivity contribution in [1.29, 1.82) is 0 Å². The number of aliphatic hydroxyl groups is 4. The van der Waals surface area contributed by atoms with E-state index in [4.69, 9.17) is 14.2 Å². The van der Waals surface area contributed by atoms with Gasteiger partial charge in [-0.3, -0.25) is 9.59 Å². The molecule has 1 aliphatic heterocycles. The molecule has 4 N–H and O–H groups in total. The van der Waals surface area contributed by atoms with Crippen molar-refractivity contribution < 1.29 is 44.2 Å². The Hall–Kier alpha value is -0.750. The van der Waals surface area contributed by atoms with Crippen LogP contribution in [0.3, 0.4) is 0 Å². The molecule has 0 aromatic carbocycles. The summed E-state index contributed by atoms with van der Waals surface area (Å²) in [4.78, 5) is 23.5. The first-order valence-corrected chi connectivity index (χ1v) is 10.6. The summed E-state index contributed by atoms with van der Waals surface area (Å²) in [5.41, 5.74) is 0. The molecule has 1 heterocycles. The molecule has 164 valence electrons. The average molecular weight is 425 g/mol. The van der Waals surface area contributed by atoms with Gasteiger partial charge in [0.2, 0.25) is 0 Å². The van der Waals surface area contributed by atoms with E-state index in [2.05, 4.69) is 0 Å². The van der Waals surface area contributed by atoms with Gasteiger partial charge in [-0.05, 0) is 20.1 Å². The molecule has 10 heteroatoms. The average Bonchev–Trinajstić information content (AvgIpc) is 2.62. The van der Waals surface area contributed by atoms with E-state index >= 15 is 0 Å². The van der Waals surface area contributed by atoms with Crippen molar-refractivity contribution in [2.75, 3.05) is 18.6 Å². The van der Waals surface area contributed by atoms with Crippen LogP contribution < -0.4 is 0 Å². The zero-order valence-electron chi connectivity index (χ0n) is 16.7. The second kappa shape index (κ2) is 11.4. The number of rotatable bonds is 12. The number of carbonyl (C=O) groups excluding carboxylic acids is 2. The first-order chi connectivity index (χ1) is 13.1. The van der Waals surface area contributed by atoms with Crippen LogP contribution in [0.2, 0.25) is 0 Å². The highest BCUT2D eigenvalue weighted by molar-refractivity contribution is 7.98. The highest BCUT2D eigenvalue weighted by Gasteiger charge is 2.53. The highest BCUT2D eigenvalue weighted by atomic mass is 32.2. The van der Waals surface area contributed by atoms with Crippen LogP contribution in [0, 0.1) is 11.8 Å². The van der Waals surface area contributed by atoms with E-state index in [0.717, 1.165) is 0 Å². The Morgan fingerprint density at radius 2 is 2.00 bits per heavy atom. The predicted molar refractivity (Wildman–Crippen MR) is 101 cm³/mol. The zero-order chi connectivity index (χ0) is 21.5. The first kappa shape index (κ1) is 25.3. The second-order valence-electron chi connectivity index (χ2n) is 7.35. The Balaban J connectivity index is 3.16. The van der Waals surface area contributed by atoms with E-state index in [0.29, 0.717) is 5.75 Å². The largest absolute Gasteiger partial charge is 0.410 e. The molecular weight excluding hydrogens is 392 g/mol. The summed E-state index contributed by atoms with van der Waals surface area (Å²) in [6.45, 7) is 4.45. The summed E-state index contributed by atoms with van der Waals surface area (Å²) >= 11 is 1.51. The topological polar surface area (TPSA) is 143 Å². The number of thioether (sulfide) groups is 1. The highest BCUT2D eigenvalue weighted by Crippen LogP contribution is 2.39. The van der Waals surface area contributed by atoms with E-state index in [1.807, 2.05) is 6.26 Å². The van der Waals surface area contributed by atoms with Crippen LogP contribution >= 0.6 is 11.8 Å². The number of ketones is 1. The molecule has 1 saturated heterocycles. The number of ether oxygens (including phenoxy) is 3. The quantitative estimate of drug-likeness (QED) is 0.243. The second-order valence-corrected chi connectivity index (χ2v) is 8.26. The van der Waals surface area contributed by atoms with Crippen molar-refractivity contribution in [3.8, 4) is 0 Å². The maximum Gasteiger partial charge on any atom is 0.332 e. The fraction of sp³-hybridized carbons (Fsp3) is 0.889. The molecule has 0 amide bonds. The normalized spacial score (nSPS) is 31.2. The van der Waals surface area contributed by atoms with Crippen molar-refractivity contribution >= 4 is 24.0 Å². The minimum absolute atomic E-state index is 0.104. The van der Waals surface area contributed by atoms with Crippen LogP contribution in [0.1, 0.15) is 33.6 Å². The Bertz CT molecular complexity index is 503. The third-order valence-electron chi connectivity index (χ3n) is 4.66. The van der Waals surface area contributed by atoms with Gasteiger partial charge in [0.05, 0.1) is 31.3 Å². The number of hydrogen-bond acceptors (Lipinski definition) is 10. The Morgan fingerprint density at radius 3 is 2.50 bits per heavy atom. The monoisotopic (exact) mass is 424 g/mol. The summed E-state index contributed by atoms with van der Waals surface area (Å²) in [6, 6.07) is 0. The molecule has 0 radical (unpaired) electrons. The van der Waals surface area contributed by atoms with E-state index in [9.17, 15) is 30.0 Å². The lowest BCUT2D eigenvalue weighted by atomic mass is 9.80. The molecule has 7 atom stereocenters. The molecule has 7 unspecified atom stereocenters. The summed E-state index contributed by atoms with van der Waals surface area (Å²) in [7, 11) is 0. The van der Waals surface area contributed by atoms with Gasteiger partial charge >= 0.3 is 5.97 Å². The molecule has 1 aliphatic rings. The van der Waals surface area contributed by atoms with Crippen LogP contribution in [0.4, 0.5) is 0 Å². The maximum atomic E-state index is 12.5. The molecule has 9 nitrogen and oxygen atoms in total. The lowest BCUT2D eigenvalue weighted by Gasteiger charge is -2.47. The predicted octanol–water partition coefficient (Wildman–Crippen LogP) is -0.323. The third-order valence-corrected chi connectivity index (χ3v) is 5.49. The maximum absolute atomic E-state index is 12.5. The smallest absolute Gasteiger partial charge is 0.332 e. The zero-order valence-corrected chi connectivity index (χ0v) is 17.5. The van der Waals surface area contributed by atoms with Crippen molar-refractivity contribution in [3.63, 3.8) is 0 Å². The van der Waals surface area contributed by atoms with E-state index in [1.54, 1.807) is 20.8 Å². The van der Waals surface area contributed by atoms with Gasteiger partial charge in [0.1, 0.15) is 18.0 Å². The van der Waals surface area contributed by atoms with Gasteiger partial charge in [-0.2, -0.15) is 11.8 Å². The molecular formula is C18H32O9S. The van der Waals surface area contributed by atoms with Gasteiger partial charge in [0, 0.05) is 24.0 Å². The van der Waals surface area contributed by atoms with Gasteiger partial charge in [-0.1, -0.05) is 6.92 Å². The van der Waals surface area contributed by atoms with Crippen molar-refractivity contribution in [3.05, 3.63) is 0 Å². The molecule has 1 rings (SSSR count). The van der Waals surface area contributed by atoms with E-state index in [1.165, 1.54) is 11.8 Å². The molecule has 0 aromatic heterocycles. The summed E-state index contributed by atoms with van der Waals surface area (Å²) in [5.74, 6) is -2.66. The van der Waals surface area contributed by atoms with Crippen molar-refractivity contribution in [1.82, 2.24) is 0 Å². The number of carbonyl (C=O) groups is 2. The van der Waals surface area contributed by atoms with E-state index in [-0.39, 0.29) is 31.0 Å². The van der Waals surface area contributed by atoms with Crippen LogP contribution in [0.5, 0.6) is 0 Å². The minimum atomic E-state index is -1.97. The fourth-order valence-corrected chi connectivity index (χ4v) is 3.95. The Morgan fingerprint density at radius 1 is 1.36 bits per heavy atom. The van der Waals surface area contributed by atoms with Gasteiger partial charge in [-0.15, -0.1) is 0 Å². The van der Waals surface area contributed by atoms with E-state index < -0.39 is 49.0 Å². The first-order valence-electron chi connectivity index (χ1n) is 9.24. The standard InChI is InChI=1S/C18H32O9S/c1-10(2)26-18(25-9-20)6-14(22)12(5-13(21)11(3)8-28-4)17(27-18)16(24)15(23)7-19/h9-12,14-17,19,22-24H,5-8H2,1-4H3. The Labute approximate surface area is 169 Å². The third kappa shape index (κ3) is 6.65. The van der Waals surface area contributed by atoms with Crippen molar-refractivity contribution in [2.45, 2.75) is 70.1 Å². The molecule has 0 saturated carbocycles. The van der Waals surface area contributed by atoms with Crippen LogP contribution in [-0.4, -0.2) is 87.8 Å². The van der Waals surface area contributed by atoms with Crippen LogP contribution in [0.25, 0.3) is 0 Å². The SMILES string of the molecule is CSCC(C)C(=O)CC1C(O)CC(OC=O)(OC(C)C)OC1C(O)C(O)CO. The molecule has 1 fully saturated rings. The minimum Gasteiger partial charge on any atom is -0.410 e.